The van der Waals surface area contributed by atoms with Gasteiger partial charge in [-0.3, -0.25) is 4.57 Å². The minimum absolute atomic E-state index is 0.157. The zero-order valence-corrected chi connectivity index (χ0v) is 12.4. The van der Waals surface area contributed by atoms with Gasteiger partial charge in [0.05, 0.1) is 13.7 Å². The lowest BCUT2D eigenvalue weighted by atomic mass is 10.2. The second-order valence-electron chi connectivity index (χ2n) is 3.79. The Morgan fingerprint density at radius 3 is 2.40 bits per heavy atom. The van der Waals surface area contributed by atoms with Gasteiger partial charge in [0.25, 0.3) is 0 Å². The normalized spacial score (nSPS) is 15.0. The molecule has 0 aliphatic carbocycles. The molecule has 8 heteroatoms. The van der Waals surface area contributed by atoms with Gasteiger partial charge < -0.3 is 24.2 Å². The molecule has 0 heterocycles. The molecule has 7 nitrogen and oxygen atoms in total. The van der Waals surface area contributed by atoms with E-state index in [2.05, 4.69) is 9.84 Å². The van der Waals surface area contributed by atoms with Crippen LogP contribution in [-0.2, 0) is 13.8 Å². The van der Waals surface area contributed by atoms with E-state index in [1.165, 1.54) is 7.11 Å². The largest absolute Gasteiger partial charge is 0.497 e. The molecule has 0 spiro atoms. The highest BCUT2D eigenvalue weighted by Gasteiger charge is 2.34. The van der Waals surface area contributed by atoms with E-state index in [1.54, 1.807) is 31.2 Å². The lowest BCUT2D eigenvalue weighted by molar-refractivity contribution is 0.149. The van der Waals surface area contributed by atoms with Crippen molar-refractivity contribution >= 4 is 13.7 Å². The van der Waals surface area contributed by atoms with E-state index in [4.69, 9.17) is 9.47 Å². The van der Waals surface area contributed by atoms with Crippen LogP contribution < -0.4 is 10.1 Å². The molecule has 112 valence electrons. The molecule has 0 saturated carbocycles. The van der Waals surface area contributed by atoms with E-state index in [9.17, 15) is 14.3 Å². The molecule has 2 atom stereocenters. The Labute approximate surface area is 117 Å². The molecule has 2 unspecified atom stereocenters. The maximum atomic E-state index is 12.0. The summed E-state index contributed by atoms with van der Waals surface area (Å²) in [5.41, 5.74) is 0.409. The summed E-state index contributed by atoms with van der Waals surface area (Å²) in [6.45, 7) is 1.79. The van der Waals surface area contributed by atoms with Gasteiger partial charge in [0.2, 0.25) is 0 Å². The van der Waals surface area contributed by atoms with Gasteiger partial charge in [-0.05, 0) is 24.6 Å². The van der Waals surface area contributed by atoms with E-state index < -0.39 is 19.5 Å². The molecule has 0 saturated heterocycles. The highest BCUT2D eigenvalue weighted by atomic mass is 31.2. The third kappa shape index (κ3) is 4.23. The number of carbonyl (C=O) groups excluding carboxylic acids is 1. The van der Waals surface area contributed by atoms with Crippen molar-refractivity contribution in [1.29, 1.82) is 0 Å². The van der Waals surface area contributed by atoms with Crippen LogP contribution in [0.15, 0.2) is 24.3 Å². The van der Waals surface area contributed by atoms with Crippen LogP contribution >= 0.6 is 7.60 Å². The average molecular weight is 303 g/mol. The van der Waals surface area contributed by atoms with Crippen LogP contribution in [0, 0.1) is 0 Å². The predicted octanol–water partition coefficient (Wildman–Crippen LogP) is 2.27. The van der Waals surface area contributed by atoms with Crippen LogP contribution in [0.25, 0.3) is 0 Å². The number of hydrogen-bond donors (Lipinski definition) is 2. The summed E-state index contributed by atoms with van der Waals surface area (Å²) in [6.07, 6.45) is -0.792. The second kappa shape index (κ2) is 7.28. The molecule has 20 heavy (non-hydrogen) atoms. The van der Waals surface area contributed by atoms with Gasteiger partial charge in [-0.25, -0.2) is 4.79 Å². The molecule has 1 aromatic rings. The first-order valence-corrected chi connectivity index (χ1v) is 7.54. The summed E-state index contributed by atoms with van der Waals surface area (Å²) in [4.78, 5) is 21.3. The van der Waals surface area contributed by atoms with Crippen LogP contribution in [0.1, 0.15) is 18.3 Å². The van der Waals surface area contributed by atoms with Crippen LogP contribution in [0.3, 0.4) is 0 Å². The van der Waals surface area contributed by atoms with Crippen molar-refractivity contribution in [3.8, 4) is 5.75 Å². The number of rotatable bonds is 6. The fourth-order valence-corrected chi connectivity index (χ4v) is 2.56. The zero-order valence-electron chi connectivity index (χ0n) is 11.5. The molecule has 1 amide bonds. The molecule has 1 rings (SSSR count). The fraction of sp³-hybridized carbons (Fsp3) is 0.417. The first-order valence-electron chi connectivity index (χ1n) is 5.90. The number of ether oxygens (including phenoxy) is 2. The van der Waals surface area contributed by atoms with Crippen LogP contribution in [0.4, 0.5) is 4.79 Å². The van der Waals surface area contributed by atoms with Gasteiger partial charge >= 0.3 is 13.7 Å². The summed E-state index contributed by atoms with van der Waals surface area (Å²) in [6, 6.07) is 6.37. The summed E-state index contributed by atoms with van der Waals surface area (Å²) >= 11 is 0. The first kappa shape index (κ1) is 16.5. The van der Waals surface area contributed by atoms with Gasteiger partial charge in [0.1, 0.15) is 5.75 Å². The van der Waals surface area contributed by atoms with Crippen LogP contribution in [-0.4, -0.2) is 31.8 Å². The van der Waals surface area contributed by atoms with Gasteiger partial charge in [-0.2, -0.15) is 0 Å². The zero-order chi connectivity index (χ0) is 15.2. The SMILES string of the molecule is CCOC(=O)NC(c1ccc(OC)cc1)P(=O)(O)OC. The van der Waals surface area contributed by atoms with Crippen molar-refractivity contribution in [2.24, 2.45) is 0 Å². The highest BCUT2D eigenvalue weighted by molar-refractivity contribution is 7.53. The van der Waals surface area contributed by atoms with Crippen molar-refractivity contribution in [2.75, 3.05) is 20.8 Å². The second-order valence-corrected chi connectivity index (χ2v) is 5.80. The highest BCUT2D eigenvalue weighted by Crippen LogP contribution is 2.54. The minimum Gasteiger partial charge on any atom is -0.497 e. The molecule has 0 radical (unpaired) electrons. The molecular formula is C12H18NO6P. The summed E-state index contributed by atoms with van der Waals surface area (Å²) in [7, 11) is -1.45. The molecule has 0 aliphatic rings. The van der Waals surface area contributed by atoms with Gasteiger partial charge in [-0.1, -0.05) is 12.1 Å². The minimum atomic E-state index is -4.06. The number of hydrogen-bond acceptors (Lipinski definition) is 5. The monoisotopic (exact) mass is 303 g/mol. The molecule has 0 aliphatic heterocycles. The van der Waals surface area contributed by atoms with E-state index in [-0.39, 0.29) is 6.61 Å². The van der Waals surface area contributed by atoms with E-state index >= 15 is 0 Å². The Morgan fingerprint density at radius 1 is 1.35 bits per heavy atom. The van der Waals surface area contributed by atoms with E-state index in [0.717, 1.165) is 7.11 Å². The standard InChI is InChI=1S/C12H18NO6P/c1-4-19-12(14)13-11(20(15,16)18-3)9-5-7-10(17-2)8-6-9/h5-8,11H,4H2,1-3H3,(H,13,14)(H,15,16). The van der Waals surface area contributed by atoms with E-state index in [0.29, 0.717) is 11.3 Å². The maximum Gasteiger partial charge on any atom is 0.408 e. The molecular weight excluding hydrogens is 285 g/mol. The Hall–Kier alpha value is -1.56. The maximum absolute atomic E-state index is 12.0. The molecule has 2 N–H and O–H groups in total. The summed E-state index contributed by atoms with van der Waals surface area (Å²) in [5.74, 6) is -0.619. The number of carbonyl (C=O) groups is 1. The molecule has 1 aromatic carbocycles. The number of alkyl carbamates (subject to hydrolysis) is 1. The van der Waals surface area contributed by atoms with Gasteiger partial charge in [0, 0.05) is 7.11 Å². The average Bonchev–Trinajstić information content (AvgIpc) is 2.45. The van der Waals surface area contributed by atoms with Crippen molar-refractivity contribution in [3.05, 3.63) is 29.8 Å². The van der Waals surface area contributed by atoms with Crippen LogP contribution in [0.2, 0.25) is 0 Å². The number of methoxy groups -OCH3 is 1. The Balaban J connectivity index is 3.03. The van der Waals surface area contributed by atoms with Gasteiger partial charge in [0.15, 0.2) is 5.78 Å². The molecule has 0 fully saturated rings. The topological polar surface area (TPSA) is 94.1 Å². The summed E-state index contributed by atoms with van der Waals surface area (Å²) in [5, 5.41) is 2.32. The summed E-state index contributed by atoms with van der Waals surface area (Å²) < 4.78 is 26.3. The molecule has 0 aromatic heterocycles. The Bertz CT molecular complexity index is 489. The van der Waals surface area contributed by atoms with Crippen molar-refractivity contribution < 1.29 is 28.3 Å². The number of benzene rings is 1. The van der Waals surface area contributed by atoms with Crippen LogP contribution in [0.5, 0.6) is 5.75 Å². The third-order valence-corrected chi connectivity index (χ3v) is 4.15. The number of nitrogens with one attached hydrogen (secondary N) is 1. The van der Waals surface area contributed by atoms with Crippen molar-refractivity contribution in [2.45, 2.75) is 12.7 Å². The lowest BCUT2D eigenvalue weighted by Gasteiger charge is -2.22. The van der Waals surface area contributed by atoms with Gasteiger partial charge in [-0.15, -0.1) is 0 Å². The predicted molar refractivity (Wildman–Crippen MR) is 72.7 cm³/mol. The molecule has 0 bridgehead atoms. The first-order chi connectivity index (χ1) is 9.44. The third-order valence-electron chi connectivity index (χ3n) is 2.55. The number of amides is 1. The smallest absolute Gasteiger partial charge is 0.408 e. The Morgan fingerprint density at radius 2 is 1.95 bits per heavy atom. The lowest BCUT2D eigenvalue weighted by Crippen LogP contribution is -2.29. The fourth-order valence-electron chi connectivity index (χ4n) is 1.53. The van der Waals surface area contributed by atoms with Crippen molar-refractivity contribution in [3.63, 3.8) is 0 Å². The van der Waals surface area contributed by atoms with Crippen molar-refractivity contribution in [1.82, 2.24) is 5.32 Å². The quantitative estimate of drug-likeness (QED) is 0.783. The Kier molecular flexibility index (Phi) is 6.01. The van der Waals surface area contributed by atoms with E-state index in [1.807, 2.05) is 0 Å².